The van der Waals surface area contributed by atoms with E-state index in [1.54, 1.807) is 0 Å². The third-order valence-corrected chi connectivity index (χ3v) is 7.41. The molecule has 6 heterocycles. The number of benzene rings is 3. The van der Waals surface area contributed by atoms with Crippen molar-refractivity contribution in [3.05, 3.63) is 146 Å². The zero-order valence-electron chi connectivity index (χ0n) is 23.6. The molecule has 0 fully saturated rings. The van der Waals surface area contributed by atoms with E-state index in [0.29, 0.717) is 0 Å². The minimum absolute atomic E-state index is 0. The predicted octanol–water partition coefficient (Wildman–Crippen LogP) is 4.48. The minimum atomic E-state index is 0. The van der Waals surface area contributed by atoms with Gasteiger partial charge in [0.15, 0.2) is 37.2 Å². The summed E-state index contributed by atoms with van der Waals surface area (Å²) in [6.07, 6.45) is 11.7. The van der Waals surface area contributed by atoms with E-state index in [0.717, 1.165) is 33.1 Å². The fraction of sp³-hybridized carbons (Fsp3) is 0. The van der Waals surface area contributed by atoms with Crippen molar-refractivity contribution in [2.75, 3.05) is 0 Å². The zero-order chi connectivity index (χ0) is 28.1. The molecule has 0 radical (unpaired) electrons. The largest absolute Gasteiger partial charge is 2.00 e. The molecule has 0 saturated carbocycles. The smallest absolute Gasteiger partial charge is 0.205 e. The monoisotopic (exact) mass is 570 g/mol. The van der Waals surface area contributed by atoms with E-state index in [9.17, 15) is 0 Å². The van der Waals surface area contributed by atoms with Gasteiger partial charge in [-0.1, -0.05) is 0 Å². The van der Waals surface area contributed by atoms with Gasteiger partial charge in [0.2, 0.25) is 0 Å². The van der Waals surface area contributed by atoms with E-state index >= 15 is 0 Å². The van der Waals surface area contributed by atoms with E-state index in [1.807, 2.05) is 73.6 Å². The summed E-state index contributed by atoms with van der Waals surface area (Å²) in [5, 5.41) is 7.35. The second kappa shape index (κ2) is 12.8. The van der Waals surface area contributed by atoms with Crippen LogP contribution in [0.5, 0.6) is 0 Å². The van der Waals surface area contributed by atoms with Gasteiger partial charge in [0.1, 0.15) is 0 Å². The predicted molar refractivity (Wildman–Crippen MR) is 169 cm³/mol. The van der Waals surface area contributed by atoms with Crippen molar-refractivity contribution in [2.24, 2.45) is 0 Å². The first-order chi connectivity index (χ1) is 20.8. The van der Waals surface area contributed by atoms with Crippen molar-refractivity contribution in [3.63, 3.8) is 0 Å². The molecule has 7 heteroatoms. The number of H-pyrrole nitrogens is 6. The van der Waals surface area contributed by atoms with Crippen LogP contribution in [0.2, 0.25) is 0 Å². The van der Waals surface area contributed by atoms with Crippen LogP contribution in [0.1, 0.15) is 0 Å². The number of pyridine rings is 6. The second-order valence-corrected chi connectivity index (χ2v) is 10.0. The first-order valence-electron chi connectivity index (χ1n) is 13.9. The van der Waals surface area contributed by atoms with E-state index < -0.39 is 0 Å². The molecule has 0 amide bonds. The quantitative estimate of drug-likeness (QED) is 0.190. The van der Waals surface area contributed by atoms with Crippen molar-refractivity contribution in [1.82, 2.24) is 0 Å². The van der Waals surface area contributed by atoms with Crippen LogP contribution in [0.3, 0.4) is 0 Å². The molecule has 0 aliphatic carbocycles. The number of nitrogens with one attached hydrogen (secondary N) is 6. The molecule has 6 aromatic heterocycles. The van der Waals surface area contributed by atoms with Crippen molar-refractivity contribution < 1.29 is 29.9 Å². The van der Waals surface area contributed by atoms with Crippen LogP contribution in [0.25, 0.3) is 65.4 Å². The molecule has 0 bridgehead atoms. The van der Waals surface area contributed by atoms with Crippen LogP contribution in [-0.4, -0.2) is 23.1 Å². The molecule has 9 aromatic rings. The van der Waals surface area contributed by atoms with Crippen molar-refractivity contribution in [1.29, 1.82) is 0 Å². The Morgan fingerprint density at radius 2 is 0.395 bits per heavy atom. The van der Waals surface area contributed by atoms with Crippen LogP contribution in [0.15, 0.2) is 146 Å². The summed E-state index contributed by atoms with van der Waals surface area (Å²) in [7, 11) is 0. The molecule has 6 N–H and O–H groups in total. The summed E-state index contributed by atoms with van der Waals surface area (Å²) in [4.78, 5) is 19.6. The maximum Gasteiger partial charge on any atom is 2.00 e. The van der Waals surface area contributed by atoms with Gasteiger partial charge in [-0.3, -0.25) is 0 Å². The molecule has 0 aliphatic heterocycles. The van der Waals surface area contributed by atoms with E-state index in [2.05, 4.69) is 103 Å². The summed E-state index contributed by atoms with van der Waals surface area (Å²) in [6.45, 7) is 0. The van der Waals surface area contributed by atoms with Crippen molar-refractivity contribution in [2.45, 2.75) is 0 Å². The number of hydrogen-bond donors (Lipinski definition) is 0. The maximum atomic E-state index is 3.26. The fourth-order valence-electron chi connectivity index (χ4n) is 5.37. The molecule has 6 nitrogen and oxygen atoms in total. The summed E-state index contributed by atoms with van der Waals surface area (Å²) >= 11 is 0. The van der Waals surface area contributed by atoms with Gasteiger partial charge in [-0.2, -0.15) is 0 Å². The number of fused-ring (bicyclic) bond motifs is 9. The van der Waals surface area contributed by atoms with Gasteiger partial charge in [-0.05, 0) is 72.8 Å². The summed E-state index contributed by atoms with van der Waals surface area (Å²) < 4.78 is 0. The van der Waals surface area contributed by atoms with Gasteiger partial charge in [-0.25, -0.2) is 29.9 Å². The molecule has 3 aromatic carbocycles. The summed E-state index contributed by atoms with van der Waals surface area (Å²) in [6, 6.07) is 37.4. The molecular formula is C36H30MgN6+8. The third kappa shape index (κ3) is 5.81. The molecule has 9 rings (SSSR count). The Labute approximate surface area is 263 Å². The third-order valence-electron chi connectivity index (χ3n) is 7.41. The number of aromatic amines is 6. The standard InChI is InChI=1S/3C12H8N2.Mg/c3*1-3-9-5-6-10-4-2-8-14-12(10)11(9)13-7-1;/h3*1-8H;/q;;;+2/p+6. The van der Waals surface area contributed by atoms with Gasteiger partial charge in [0.05, 0.1) is 32.3 Å². The van der Waals surface area contributed by atoms with E-state index in [-0.39, 0.29) is 23.1 Å². The van der Waals surface area contributed by atoms with E-state index in [1.165, 1.54) is 32.3 Å². The van der Waals surface area contributed by atoms with Crippen molar-refractivity contribution >= 4 is 88.5 Å². The summed E-state index contributed by atoms with van der Waals surface area (Å²) in [5.41, 5.74) is 6.95. The van der Waals surface area contributed by atoms with Gasteiger partial charge in [-0.15, -0.1) is 0 Å². The average Bonchev–Trinajstić information content (AvgIpc) is 3.09. The first kappa shape index (κ1) is 28.0. The molecule has 0 spiro atoms. The number of aromatic nitrogens is 6. The fourth-order valence-corrected chi connectivity index (χ4v) is 5.37. The molecule has 43 heavy (non-hydrogen) atoms. The van der Waals surface area contributed by atoms with Crippen LogP contribution in [0.4, 0.5) is 0 Å². The minimum Gasteiger partial charge on any atom is -0.205 e. The van der Waals surface area contributed by atoms with Crippen molar-refractivity contribution in [3.8, 4) is 0 Å². The van der Waals surface area contributed by atoms with Crippen LogP contribution in [0, 0.1) is 0 Å². The maximum absolute atomic E-state index is 3.26. The Morgan fingerprint density at radius 3 is 0.558 bits per heavy atom. The van der Waals surface area contributed by atoms with Gasteiger partial charge in [0, 0.05) is 36.4 Å². The Kier molecular flexibility index (Phi) is 8.35. The normalized spacial score (nSPS) is 10.6. The number of hydrogen-bond acceptors (Lipinski definition) is 0. The van der Waals surface area contributed by atoms with Gasteiger partial charge < -0.3 is 0 Å². The Hall–Kier alpha value is -5.11. The molecular weight excluding hydrogens is 541 g/mol. The molecule has 0 saturated heterocycles. The van der Waals surface area contributed by atoms with Crippen LogP contribution in [-0.2, 0) is 0 Å². The molecule has 198 valence electrons. The van der Waals surface area contributed by atoms with Crippen LogP contribution < -0.4 is 29.9 Å². The summed E-state index contributed by atoms with van der Waals surface area (Å²) in [5.74, 6) is 0. The van der Waals surface area contributed by atoms with E-state index in [4.69, 9.17) is 0 Å². The SMILES string of the molecule is [Mg+2].c1c[nH+]c2c(c1)ccc1ccc[nH+]c12.c1c[nH+]c2c(c1)ccc1ccc[nH+]c12.c1c[nH+]c2c(c1)ccc1ccc[nH+]c12. The topological polar surface area (TPSA) is 84.8 Å². The number of rotatable bonds is 0. The zero-order valence-corrected chi connectivity index (χ0v) is 25.0. The average molecular weight is 571 g/mol. The Bertz CT molecular complexity index is 1910. The van der Waals surface area contributed by atoms with Crippen LogP contribution >= 0.6 is 0 Å². The molecule has 0 unspecified atom stereocenters. The Balaban J connectivity index is 0.000000113. The Morgan fingerprint density at radius 1 is 0.233 bits per heavy atom. The molecule has 0 aliphatic rings. The molecule has 0 atom stereocenters. The first-order valence-corrected chi connectivity index (χ1v) is 13.9. The van der Waals surface area contributed by atoms with Gasteiger partial charge in [0.25, 0.3) is 33.1 Å². The second-order valence-electron chi connectivity index (χ2n) is 10.0. The van der Waals surface area contributed by atoms with Gasteiger partial charge >= 0.3 is 23.1 Å².